The Morgan fingerprint density at radius 2 is 2.17 bits per heavy atom. The number of nitrogens with one attached hydrogen (secondary N) is 1. The second kappa shape index (κ2) is 10.0. The van der Waals surface area contributed by atoms with Gasteiger partial charge in [0.15, 0.2) is 5.96 Å². The Morgan fingerprint density at radius 3 is 2.71 bits per heavy atom. The molecule has 0 fully saturated rings. The van der Waals surface area contributed by atoms with Crippen LogP contribution in [0.25, 0.3) is 0 Å². The molecular formula is C15H27BrN4O3S. The van der Waals surface area contributed by atoms with E-state index in [1.54, 1.807) is 0 Å². The van der Waals surface area contributed by atoms with E-state index in [1.165, 1.54) is 11.9 Å². The molecule has 0 atom stereocenters. The lowest BCUT2D eigenvalue weighted by atomic mass is 10.4. The maximum atomic E-state index is 11.0. The minimum atomic E-state index is -2.97. The summed E-state index contributed by atoms with van der Waals surface area (Å²) in [5, 5.41) is 3.25. The number of rotatable bonds is 9. The number of halogens is 1. The first kappa shape index (κ1) is 21.0. The molecule has 1 aromatic heterocycles. The molecule has 24 heavy (non-hydrogen) atoms. The van der Waals surface area contributed by atoms with Crippen LogP contribution >= 0.6 is 15.9 Å². The van der Waals surface area contributed by atoms with Crippen molar-refractivity contribution >= 4 is 31.7 Å². The zero-order valence-corrected chi connectivity index (χ0v) is 17.2. The molecule has 138 valence electrons. The molecule has 7 nitrogen and oxygen atoms in total. The molecule has 0 saturated heterocycles. The summed E-state index contributed by atoms with van der Waals surface area (Å²) in [6.07, 6.45) is 3.22. The van der Waals surface area contributed by atoms with Crippen molar-refractivity contribution in [3.63, 3.8) is 0 Å². The summed E-state index contributed by atoms with van der Waals surface area (Å²) in [6, 6.07) is 2.08. The number of aromatic nitrogens is 1. The van der Waals surface area contributed by atoms with Crippen LogP contribution in [0.2, 0.25) is 0 Å². The summed E-state index contributed by atoms with van der Waals surface area (Å²) >= 11 is 3.48. The Balaban J connectivity index is 2.50. The molecule has 0 amide bonds. The first-order chi connectivity index (χ1) is 11.2. The molecule has 1 heterocycles. The molecule has 0 aromatic carbocycles. The van der Waals surface area contributed by atoms with E-state index < -0.39 is 9.84 Å². The van der Waals surface area contributed by atoms with Gasteiger partial charge in [-0.2, -0.15) is 0 Å². The highest BCUT2D eigenvalue weighted by atomic mass is 79.9. The highest BCUT2D eigenvalue weighted by Gasteiger charge is 2.09. The molecule has 1 N–H and O–H groups in total. The third kappa shape index (κ3) is 8.16. The standard InChI is InChI=1S/C15H27BrN4O3S/c1-5-17-15(18-6-7-23-8-9-24(4,21)22)20(3)12-14-10-13(16)11-19(14)2/h10-11H,5-9,12H2,1-4H3,(H,17,18). The van der Waals surface area contributed by atoms with Gasteiger partial charge in [-0.25, -0.2) is 8.42 Å². The van der Waals surface area contributed by atoms with Gasteiger partial charge in [-0.3, -0.25) is 4.99 Å². The summed E-state index contributed by atoms with van der Waals surface area (Å²) in [7, 11) is 1.01. The van der Waals surface area contributed by atoms with Crippen molar-refractivity contribution in [2.24, 2.45) is 12.0 Å². The summed E-state index contributed by atoms with van der Waals surface area (Å²) < 4.78 is 30.5. The lowest BCUT2D eigenvalue weighted by molar-refractivity contribution is 0.157. The number of aryl methyl sites for hydroxylation is 1. The Hall–Kier alpha value is -1.06. The zero-order valence-electron chi connectivity index (χ0n) is 14.7. The second-order valence-electron chi connectivity index (χ2n) is 5.59. The normalized spacial score (nSPS) is 12.5. The largest absolute Gasteiger partial charge is 0.378 e. The molecule has 0 aliphatic carbocycles. The first-order valence-electron chi connectivity index (χ1n) is 7.78. The fourth-order valence-electron chi connectivity index (χ4n) is 2.04. The third-order valence-corrected chi connectivity index (χ3v) is 4.61. The van der Waals surface area contributed by atoms with Crippen LogP contribution in [0.5, 0.6) is 0 Å². The van der Waals surface area contributed by atoms with Gasteiger partial charge >= 0.3 is 0 Å². The van der Waals surface area contributed by atoms with Gasteiger partial charge in [-0.05, 0) is 28.9 Å². The van der Waals surface area contributed by atoms with Crippen LogP contribution in [0.3, 0.4) is 0 Å². The molecule has 0 radical (unpaired) electrons. The summed E-state index contributed by atoms with van der Waals surface area (Å²) in [4.78, 5) is 6.56. The van der Waals surface area contributed by atoms with E-state index in [2.05, 4.69) is 36.9 Å². The maximum absolute atomic E-state index is 11.0. The van der Waals surface area contributed by atoms with Crippen LogP contribution in [-0.4, -0.2) is 69.2 Å². The number of aliphatic imine (C=N–C) groups is 1. The van der Waals surface area contributed by atoms with Crippen LogP contribution in [-0.2, 0) is 28.2 Å². The van der Waals surface area contributed by atoms with Crippen molar-refractivity contribution < 1.29 is 13.2 Å². The lowest BCUT2D eigenvalue weighted by Gasteiger charge is -2.22. The smallest absolute Gasteiger partial charge is 0.194 e. The van der Waals surface area contributed by atoms with Gasteiger partial charge in [0, 0.05) is 43.3 Å². The Morgan fingerprint density at radius 1 is 1.46 bits per heavy atom. The van der Waals surface area contributed by atoms with Crippen molar-refractivity contribution in [1.29, 1.82) is 0 Å². The van der Waals surface area contributed by atoms with Gasteiger partial charge in [0.05, 0.1) is 32.1 Å². The van der Waals surface area contributed by atoms with Crippen LogP contribution in [0.4, 0.5) is 0 Å². The molecule has 1 aromatic rings. The van der Waals surface area contributed by atoms with Crippen molar-refractivity contribution in [1.82, 2.24) is 14.8 Å². The quantitative estimate of drug-likeness (QED) is 0.368. The average molecular weight is 423 g/mol. The second-order valence-corrected chi connectivity index (χ2v) is 8.77. The highest BCUT2D eigenvalue weighted by molar-refractivity contribution is 9.10. The fraction of sp³-hybridized carbons (Fsp3) is 0.667. The molecule has 0 aliphatic heterocycles. The van der Waals surface area contributed by atoms with Gasteiger partial charge in [-0.1, -0.05) is 0 Å². The predicted molar refractivity (Wildman–Crippen MR) is 101 cm³/mol. The van der Waals surface area contributed by atoms with E-state index in [1.807, 2.05) is 32.1 Å². The summed E-state index contributed by atoms with van der Waals surface area (Å²) in [5.41, 5.74) is 1.17. The average Bonchev–Trinajstić information content (AvgIpc) is 2.78. The van der Waals surface area contributed by atoms with Crippen LogP contribution in [0.15, 0.2) is 21.7 Å². The minimum Gasteiger partial charge on any atom is -0.378 e. The molecule has 0 unspecified atom stereocenters. The summed E-state index contributed by atoms with van der Waals surface area (Å²) in [5.74, 6) is 0.834. The van der Waals surface area contributed by atoms with E-state index >= 15 is 0 Å². The van der Waals surface area contributed by atoms with Crippen LogP contribution < -0.4 is 5.32 Å². The number of guanidine groups is 1. The van der Waals surface area contributed by atoms with Gasteiger partial charge in [0.25, 0.3) is 0 Å². The molecule has 1 rings (SSSR count). The van der Waals surface area contributed by atoms with E-state index in [-0.39, 0.29) is 12.4 Å². The van der Waals surface area contributed by atoms with E-state index in [0.29, 0.717) is 13.2 Å². The minimum absolute atomic E-state index is 0.0407. The fourth-order valence-corrected chi connectivity index (χ4v) is 3.03. The lowest BCUT2D eigenvalue weighted by Crippen LogP contribution is -2.39. The van der Waals surface area contributed by atoms with Gasteiger partial charge in [0.1, 0.15) is 9.84 Å². The van der Waals surface area contributed by atoms with E-state index in [9.17, 15) is 8.42 Å². The summed E-state index contributed by atoms with van der Waals surface area (Å²) in [6.45, 7) is 4.60. The SMILES string of the molecule is CCNC(=NCCOCCS(C)(=O)=O)N(C)Cc1cc(Br)cn1C. The topological polar surface area (TPSA) is 75.9 Å². The third-order valence-electron chi connectivity index (χ3n) is 3.27. The van der Waals surface area contributed by atoms with Crippen molar-refractivity contribution in [2.45, 2.75) is 13.5 Å². The monoisotopic (exact) mass is 422 g/mol. The van der Waals surface area contributed by atoms with Crippen LogP contribution in [0.1, 0.15) is 12.6 Å². The molecule has 0 saturated carbocycles. The van der Waals surface area contributed by atoms with Crippen molar-refractivity contribution in [3.05, 3.63) is 22.4 Å². The molecule has 9 heteroatoms. The van der Waals surface area contributed by atoms with Crippen molar-refractivity contribution in [2.75, 3.05) is 45.4 Å². The highest BCUT2D eigenvalue weighted by Crippen LogP contribution is 2.14. The number of ether oxygens (including phenoxy) is 1. The van der Waals surface area contributed by atoms with E-state index in [4.69, 9.17) is 4.74 Å². The molecule has 0 bridgehead atoms. The Labute approximate surface area is 153 Å². The first-order valence-corrected chi connectivity index (χ1v) is 10.6. The molecule has 0 spiro atoms. The zero-order chi connectivity index (χ0) is 18.2. The molecular weight excluding hydrogens is 396 g/mol. The maximum Gasteiger partial charge on any atom is 0.194 e. The van der Waals surface area contributed by atoms with E-state index in [0.717, 1.165) is 23.5 Å². The number of nitrogens with zero attached hydrogens (tertiary/aromatic N) is 3. The Bertz CT molecular complexity index is 643. The number of sulfone groups is 1. The predicted octanol–water partition coefficient (Wildman–Crippen LogP) is 1.25. The number of hydrogen-bond donors (Lipinski definition) is 1. The Kier molecular flexibility index (Phi) is 8.79. The van der Waals surface area contributed by atoms with Gasteiger partial charge < -0.3 is 19.5 Å². The van der Waals surface area contributed by atoms with Crippen LogP contribution in [0, 0.1) is 0 Å². The number of hydrogen-bond acceptors (Lipinski definition) is 4. The molecule has 0 aliphatic rings. The van der Waals surface area contributed by atoms with Gasteiger partial charge in [-0.15, -0.1) is 0 Å². The van der Waals surface area contributed by atoms with Gasteiger partial charge in [0.2, 0.25) is 0 Å². The van der Waals surface area contributed by atoms with Crippen molar-refractivity contribution in [3.8, 4) is 0 Å².